The number of carboxylic acids is 1. The zero-order valence-corrected chi connectivity index (χ0v) is 8.79. The first-order valence-electron chi connectivity index (χ1n) is 4.66. The number of aromatic carboxylic acids is 1. The molecule has 82 valence electrons. The third kappa shape index (κ3) is 3.15. The maximum absolute atomic E-state index is 10.8. The Morgan fingerprint density at radius 2 is 2.38 bits per heavy atom. The Bertz CT molecular complexity index is 474. The summed E-state index contributed by atoms with van der Waals surface area (Å²) < 4.78 is 0. The van der Waals surface area contributed by atoms with Crippen molar-refractivity contribution in [2.75, 3.05) is 6.54 Å². The predicted octanol–water partition coefficient (Wildman–Crippen LogP) is 3.02. The Hall–Kier alpha value is -2.26. The fourth-order valence-electron chi connectivity index (χ4n) is 1.30. The first-order valence-corrected chi connectivity index (χ1v) is 4.66. The van der Waals surface area contributed by atoms with Crippen LogP contribution in [0.4, 0.5) is 0 Å². The molecule has 0 aromatic heterocycles. The second-order valence-corrected chi connectivity index (χ2v) is 3.20. The molecule has 1 N–H and O–H groups in total. The maximum Gasteiger partial charge on any atom is 0.335 e. The summed E-state index contributed by atoms with van der Waals surface area (Å²) in [5.74, 6) is -0.929. The van der Waals surface area contributed by atoms with Gasteiger partial charge in [0.1, 0.15) is 0 Å². The predicted molar refractivity (Wildman–Crippen MR) is 61.2 cm³/mol. The summed E-state index contributed by atoms with van der Waals surface area (Å²) in [7, 11) is 0. The van der Waals surface area contributed by atoms with E-state index in [1.807, 2.05) is 0 Å². The van der Waals surface area contributed by atoms with Gasteiger partial charge in [-0.25, -0.2) is 4.79 Å². The molecule has 5 heteroatoms. The van der Waals surface area contributed by atoms with Crippen LogP contribution in [0.2, 0.25) is 0 Å². The summed E-state index contributed by atoms with van der Waals surface area (Å²) in [5, 5.41) is 12.2. The molecule has 0 saturated carbocycles. The number of rotatable bonds is 4. The van der Waals surface area contributed by atoms with Gasteiger partial charge in [0.2, 0.25) is 0 Å². The number of carbonyl (C=O) groups is 1. The molecular weight excluding hydrogens is 206 g/mol. The quantitative estimate of drug-likeness (QED) is 0.477. The summed E-state index contributed by atoms with van der Waals surface area (Å²) in [5.41, 5.74) is 9.95. The van der Waals surface area contributed by atoms with Crippen molar-refractivity contribution in [3.63, 3.8) is 0 Å². The van der Waals surface area contributed by atoms with Crippen LogP contribution >= 0.6 is 0 Å². The molecule has 1 rings (SSSR count). The van der Waals surface area contributed by atoms with Gasteiger partial charge in [-0.15, -0.1) is 0 Å². The standard InChI is InChI=1S/C11H11N3O2/c1-8-7-9(3-2-6-13-14-12)4-5-10(8)11(15)16/h2-5,7H,6H2,1H3,(H,15,16). The van der Waals surface area contributed by atoms with Gasteiger partial charge in [0, 0.05) is 11.5 Å². The van der Waals surface area contributed by atoms with Crippen molar-refractivity contribution in [2.45, 2.75) is 6.92 Å². The molecule has 0 unspecified atom stereocenters. The first kappa shape index (κ1) is 11.8. The van der Waals surface area contributed by atoms with Crippen LogP contribution in [0.25, 0.3) is 16.5 Å². The van der Waals surface area contributed by atoms with Crippen LogP contribution in [0.15, 0.2) is 29.4 Å². The topological polar surface area (TPSA) is 86.1 Å². The Kier molecular flexibility index (Phi) is 4.12. The smallest absolute Gasteiger partial charge is 0.335 e. The van der Waals surface area contributed by atoms with Gasteiger partial charge >= 0.3 is 5.97 Å². The molecule has 0 radical (unpaired) electrons. The van der Waals surface area contributed by atoms with E-state index in [1.165, 1.54) is 0 Å². The van der Waals surface area contributed by atoms with Crippen LogP contribution in [-0.4, -0.2) is 17.6 Å². The van der Waals surface area contributed by atoms with Crippen LogP contribution in [0, 0.1) is 6.92 Å². The minimum Gasteiger partial charge on any atom is -0.478 e. The van der Waals surface area contributed by atoms with Gasteiger partial charge in [-0.2, -0.15) is 0 Å². The largest absolute Gasteiger partial charge is 0.478 e. The van der Waals surface area contributed by atoms with Crippen LogP contribution in [-0.2, 0) is 0 Å². The van der Waals surface area contributed by atoms with E-state index in [9.17, 15) is 4.79 Å². The molecule has 16 heavy (non-hydrogen) atoms. The fourth-order valence-corrected chi connectivity index (χ4v) is 1.30. The molecule has 0 fully saturated rings. The number of aryl methyl sites for hydroxylation is 1. The summed E-state index contributed by atoms with van der Waals surface area (Å²) >= 11 is 0. The van der Waals surface area contributed by atoms with E-state index < -0.39 is 5.97 Å². The van der Waals surface area contributed by atoms with Crippen molar-refractivity contribution >= 4 is 12.0 Å². The van der Waals surface area contributed by atoms with Crippen LogP contribution in [0.1, 0.15) is 21.5 Å². The highest BCUT2D eigenvalue weighted by atomic mass is 16.4. The van der Waals surface area contributed by atoms with E-state index in [1.54, 1.807) is 37.3 Å². The third-order valence-electron chi connectivity index (χ3n) is 2.04. The average molecular weight is 217 g/mol. The van der Waals surface area contributed by atoms with Gasteiger partial charge < -0.3 is 5.11 Å². The molecule has 0 heterocycles. The van der Waals surface area contributed by atoms with E-state index in [-0.39, 0.29) is 6.54 Å². The summed E-state index contributed by atoms with van der Waals surface area (Å²) in [6.45, 7) is 2.03. The highest BCUT2D eigenvalue weighted by Crippen LogP contribution is 2.12. The van der Waals surface area contributed by atoms with Crippen molar-refractivity contribution in [2.24, 2.45) is 5.11 Å². The minimum atomic E-state index is -0.929. The van der Waals surface area contributed by atoms with E-state index in [2.05, 4.69) is 10.0 Å². The lowest BCUT2D eigenvalue weighted by atomic mass is 10.1. The second-order valence-electron chi connectivity index (χ2n) is 3.20. The van der Waals surface area contributed by atoms with Crippen molar-refractivity contribution in [3.05, 3.63) is 51.4 Å². The molecule has 0 amide bonds. The maximum atomic E-state index is 10.8. The van der Waals surface area contributed by atoms with E-state index in [0.717, 1.165) is 5.56 Å². The van der Waals surface area contributed by atoms with Crippen molar-refractivity contribution in [3.8, 4) is 0 Å². The van der Waals surface area contributed by atoms with Crippen molar-refractivity contribution in [1.82, 2.24) is 0 Å². The van der Waals surface area contributed by atoms with Crippen molar-refractivity contribution in [1.29, 1.82) is 0 Å². The molecule has 0 atom stereocenters. The molecule has 0 saturated heterocycles. The Morgan fingerprint density at radius 1 is 1.62 bits per heavy atom. The van der Waals surface area contributed by atoms with E-state index in [0.29, 0.717) is 11.1 Å². The lowest BCUT2D eigenvalue weighted by molar-refractivity contribution is 0.0696. The number of hydrogen-bond donors (Lipinski definition) is 1. The van der Waals surface area contributed by atoms with Crippen molar-refractivity contribution < 1.29 is 9.90 Å². The lowest BCUT2D eigenvalue weighted by Gasteiger charge is -2.01. The van der Waals surface area contributed by atoms with Crippen LogP contribution in [0.5, 0.6) is 0 Å². The summed E-state index contributed by atoms with van der Waals surface area (Å²) in [6.07, 6.45) is 3.50. The highest BCUT2D eigenvalue weighted by molar-refractivity contribution is 5.89. The minimum absolute atomic E-state index is 0.288. The molecule has 0 bridgehead atoms. The zero-order valence-electron chi connectivity index (χ0n) is 8.79. The fraction of sp³-hybridized carbons (Fsp3) is 0.182. The highest BCUT2D eigenvalue weighted by Gasteiger charge is 2.05. The monoisotopic (exact) mass is 217 g/mol. The van der Waals surface area contributed by atoms with Gasteiger partial charge in [0.25, 0.3) is 0 Å². The van der Waals surface area contributed by atoms with Gasteiger partial charge in [-0.3, -0.25) is 0 Å². The van der Waals surface area contributed by atoms with Gasteiger partial charge in [-0.1, -0.05) is 29.4 Å². The Morgan fingerprint density at radius 3 is 2.94 bits per heavy atom. The molecule has 0 spiro atoms. The van der Waals surface area contributed by atoms with E-state index in [4.69, 9.17) is 10.6 Å². The number of carboxylic acid groups (broad SMARTS) is 1. The molecule has 1 aromatic carbocycles. The molecule has 5 nitrogen and oxygen atoms in total. The lowest BCUT2D eigenvalue weighted by Crippen LogP contribution is -1.99. The zero-order chi connectivity index (χ0) is 12.0. The third-order valence-corrected chi connectivity index (χ3v) is 2.04. The first-order chi connectivity index (χ1) is 7.65. The number of nitrogens with zero attached hydrogens (tertiary/aromatic N) is 3. The van der Waals surface area contributed by atoms with Gasteiger partial charge in [0.05, 0.1) is 5.56 Å². The molecule has 0 aliphatic heterocycles. The van der Waals surface area contributed by atoms with E-state index >= 15 is 0 Å². The van der Waals surface area contributed by atoms with Gasteiger partial charge in [-0.05, 0) is 29.6 Å². The number of hydrogen-bond acceptors (Lipinski definition) is 2. The van der Waals surface area contributed by atoms with Crippen LogP contribution in [0.3, 0.4) is 0 Å². The normalized spacial score (nSPS) is 10.1. The van der Waals surface area contributed by atoms with Gasteiger partial charge in [0.15, 0.2) is 0 Å². The number of azide groups is 1. The number of benzene rings is 1. The summed E-state index contributed by atoms with van der Waals surface area (Å²) in [6, 6.07) is 5.05. The summed E-state index contributed by atoms with van der Waals surface area (Å²) in [4.78, 5) is 13.4. The molecular formula is C11H11N3O2. The second kappa shape index (κ2) is 5.58. The molecule has 0 aliphatic rings. The average Bonchev–Trinajstić information content (AvgIpc) is 2.24. The Labute approximate surface area is 92.7 Å². The molecule has 0 aliphatic carbocycles. The SMILES string of the molecule is Cc1cc(C=CCN=[N+]=[N-])ccc1C(=O)O. The Balaban J connectivity index is 2.85. The molecule has 1 aromatic rings. The van der Waals surface area contributed by atoms with Crippen LogP contribution < -0.4 is 0 Å².